The summed E-state index contributed by atoms with van der Waals surface area (Å²) in [4.78, 5) is 21.4. The van der Waals surface area contributed by atoms with Gasteiger partial charge < -0.3 is 0 Å². The number of fused-ring (bicyclic) bond motifs is 1. The molecule has 1 aromatic carbocycles. The van der Waals surface area contributed by atoms with Gasteiger partial charge in [-0.05, 0) is 43.3 Å². The van der Waals surface area contributed by atoms with Crippen LogP contribution in [0.5, 0.6) is 0 Å². The van der Waals surface area contributed by atoms with Crippen LogP contribution in [0.25, 0.3) is 17.0 Å². The monoisotopic (exact) mass is 368 g/mol. The van der Waals surface area contributed by atoms with Crippen LogP contribution in [-0.2, 0) is 0 Å². The standard InChI is InChI=1S/C18H13ClN4OS/c1-11-16(23-9-3-2-4-15(23)20-11)14-10-25-18(21-14)22-17(24)12-5-7-13(19)8-6-12/h2-10H,1H3,(H,21,22,24). The zero-order chi connectivity index (χ0) is 17.4. The molecule has 25 heavy (non-hydrogen) atoms. The predicted molar refractivity (Wildman–Crippen MR) is 100 cm³/mol. The predicted octanol–water partition coefficient (Wildman–Crippen LogP) is 4.67. The second-order valence-electron chi connectivity index (χ2n) is 5.47. The minimum atomic E-state index is -0.215. The average Bonchev–Trinajstić information content (AvgIpc) is 3.18. The number of aryl methyl sites for hydroxylation is 1. The Bertz CT molecular complexity index is 1070. The van der Waals surface area contributed by atoms with E-state index in [1.54, 1.807) is 24.3 Å². The molecule has 1 amide bonds. The normalized spacial score (nSPS) is 11.0. The fourth-order valence-electron chi connectivity index (χ4n) is 2.63. The van der Waals surface area contributed by atoms with Gasteiger partial charge in [-0.1, -0.05) is 17.7 Å². The number of pyridine rings is 1. The second kappa shape index (κ2) is 6.31. The largest absolute Gasteiger partial charge is 0.298 e. The van der Waals surface area contributed by atoms with Gasteiger partial charge in [-0.15, -0.1) is 11.3 Å². The van der Waals surface area contributed by atoms with E-state index >= 15 is 0 Å². The number of anilines is 1. The third kappa shape index (κ3) is 3.01. The summed E-state index contributed by atoms with van der Waals surface area (Å²) >= 11 is 7.23. The van der Waals surface area contributed by atoms with Gasteiger partial charge in [0.05, 0.1) is 11.4 Å². The van der Waals surface area contributed by atoms with E-state index in [0.29, 0.717) is 15.7 Å². The van der Waals surface area contributed by atoms with Crippen LogP contribution in [0.1, 0.15) is 16.1 Å². The molecular weight excluding hydrogens is 356 g/mol. The lowest BCUT2D eigenvalue weighted by Gasteiger charge is -2.02. The number of carbonyl (C=O) groups excluding carboxylic acids is 1. The minimum absolute atomic E-state index is 0.215. The molecule has 4 aromatic rings. The molecule has 0 aliphatic heterocycles. The topological polar surface area (TPSA) is 59.3 Å². The second-order valence-corrected chi connectivity index (χ2v) is 6.77. The maximum atomic E-state index is 12.3. The summed E-state index contributed by atoms with van der Waals surface area (Å²) in [6, 6.07) is 12.6. The summed E-state index contributed by atoms with van der Waals surface area (Å²) < 4.78 is 2.00. The van der Waals surface area contributed by atoms with Crippen molar-refractivity contribution in [2.24, 2.45) is 0 Å². The molecule has 3 aromatic heterocycles. The van der Waals surface area contributed by atoms with Gasteiger partial charge in [0, 0.05) is 22.2 Å². The number of halogens is 1. The Labute approximate surface area is 152 Å². The van der Waals surface area contributed by atoms with Crippen LogP contribution < -0.4 is 5.32 Å². The number of rotatable bonds is 3. The Kier molecular flexibility index (Phi) is 3.99. The van der Waals surface area contributed by atoms with Gasteiger partial charge >= 0.3 is 0 Å². The molecular formula is C18H13ClN4OS. The van der Waals surface area contributed by atoms with Crippen LogP contribution in [0, 0.1) is 6.92 Å². The lowest BCUT2D eigenvalue weighted by molar-refractivity contribution is 0.102. The molecule has 5 nitrogen and oxygen atoms in total. The fourth-order valence-corrected chi connectivity index (χ4v) is 3.45. The molecule has 124 valence electrons. The number of nitrogens with zero attached hydrogens (tertiary/aromatic N) is 3. The Morgan fingerprint density at radius 2 is 1.96 bits per heavy atom. The Balaban J connectivity index is 1.63. The van der Waals surface area contributed by atoms with Crippen molar-refractivity contribution in [3.05, 3.63) is 70.3 Å². The summed E-state index contributed by atoms with van der Waals surface area (Å²) in [5.41, 5.74) is 4.01. The highest BCUT2D eigenvalue weighted by atomic mass is 35.5. The van der Waals surface area contributed by atoms with E-state index in [0.717, 1.165) is 22.7 Å². The molecule has 0 aliphatic carbocycles. The molecule has 0 atom stereocenters. The first kappa shape index (κ1) is 15.8. The number of nitrogens with one attached hydrogen (secondary N) is 1. The third-order valence-electron chi connectivity index (χ3n) is 3.78. The Hall–Kier alpha value is -2.70. The molecule has 0 radical (unpaired) electrons. The highest BCUT2D eigenvalue weighted by molar-refractivity contribution is 7.14. The van der Waals surface area contributed by atoms with Crippen LogP contribution in [0.2, 0.25) is 5.02 Å². The average molecular weight is 369 g/mol. The summed E-state index contributed by atoms with van der Waals surface area (Å²) in [5.74, 6) is -0.215. The number of amides is 1. The Morgan fingerprint density at radius 1 is 1.16 bits per heavy atom. The van der Waals surface area contributed by atoms with Crippen molar-refractivity contribution in [2.45, 2.75) is 6.92 Å². The smallest absolute Gasteiger partial charge is 0.257 e. The lowest BCUT2D eigenvalue weighted by Crippen LogP contribution is -2.11. The Morgan fingerprint density at radius 3 is 2.76 bits per heavy atom. The quantitative estimate of drug-likeness (QED) is 0.571. The van der Waals surface area contributed by atoms with Crippen molar-refractivity contribution in [3.63, 3.8) is 0 Å². The van der Waals surface area contributed by atoms with Gasteiger partial charge in [0.25, 0.3) is 5.91 Å². The van der Waals surface area contributed by atoms with Crippen LogP contribution in [0.3, 0.4) is 0 Å². The number of thiazole rings is 1. The first-order valence-electron chi connectivity index (χ1n) is 7.58. The molecule has 4 rings (SSSR count). The van der Waals surface area contributed by atoms with Gasteiger partial charge in [0.2, 0.25) is 0 Å². The molecule has 0 aliphatic rings. The van der Waals surface area contributed by atoms with Crippen LogP contribution in [-0.4, -0.2) is 20.3 Å². The van der Waals surface area contributed by atoms with Crippen molar-refractivity contribution < 1.29 is 4.79 Å². The lowest BCUT2D eigenvalue weighted by atomic mass is 10.2. The van der Waals surface area contributed by atoms with Crippen molar-refractivity contribution in [3.8, 4) is 11.4 Å². The molecule has 0 bridgehead atoms. The highest BCUT2D eigenvalue weighted by Crippen LogP contribution is 2.28. The fraction of sp³-hybridized carbons (Fsp3) is 0.0556. The molecule has 0 unspecified atom stereocenters. The summed E-state index contributed by atoms with van der Waals surface area (Å²) in [5, 5.41) is 5.88. The highest BCUT2D eigenvalue weighted by Gasteiger charge is 2.15. The molecule has 7 heteroatoms. The van der Waals surface area contributed by atoms with Crippen molar-refractivity contribution in [1.82, 2.24) is 14.4 Å². The third-order valence-corrected chi connectivity index (χ3v) is 4.79. The first-order valence-corrected chi connectivity index (χ1v) is 8.84. The number of imidazole rings is 1. The van der Waals surface area contributed by atoms with Crippen LogP contribution in [0.4, 0.5) is 5.13 Å². The number of benzene rings is 1. The molecule has 0 saturated carbocycles. The SMILES string of the molecule is Cc1nc2ccccn2c1-c1csc(NC(=O)c2ccc(Cl)cc2)n1. The van der Waals surface area contributed by atoms with Gasteiger partial charge in [-0.2, -0.15) is 0 Å². The van der Waals surface area contributed by atoms with Crippen molar-refractivity contribution in [2.75, 3.05) is 5.32 Å². The maximum Gasteiger partial charge on any atom is 0.257 e. The van der Waals surface area contributed by atoms with E-state index in [1.807, 2.05) is 41.1 Å². The number of aromatic nitrogens is 3. The van der Waals surface area contributed by atoms with E-state index in [1.165, 1.54) is 11.3 Å². The molecule has 3 heterocycles. The van der Waals surface area contributed by atoms with Gasteiger partial charge in [0.15, 0.2) is 5.13 Å². The van der Waals surface area contributed by atoms with Crippen LogP contribution in [0.15, 0.2) is 54.0 Å². The van der Waals surface area contributed by atoms with E-state index in [9.17, 15) is 4.79 Å². The zero-order valence-electron chi connectivity index (χ0n) is 13.2. The van der Waals surface area contributed by atoms with E-state index in [2.05, 4.69) is 15.3 Å². The van der Waals surface area contributed by atoms with Gasteiger partial charge in [0.1, 0.15) is 11.3 Å². The number of hydrogen-bond donors (Lipinski definition) is 1. The van der Waals surface area contributed by atoms with Gasteiger partial charge in [-0.25, -0.2) is 9.97 Å². The van der Waals surface area contributed by atoms with Crippen molar-refractivity contribution >= 4 is 39.6 Å². The number of hydrogen-bond acceptors (Lipinski definition) is 4. The summed E-state index contributed by atoms with van der Waals surface area (Å²) in [7, 11) is 0. The molecule has 1 N–H and O–H groups in total. The van der Waals surface area contributed by atoms with E-state index in [-0.39, 0.29) is 5.91 Å². The minimum Gasteiger partial charge on any atom is -0.298 e. The zero-order valence-corrected chi connectivity index (χ0v) is 14.8. The summed E-state index contributed by atoms with van der Waals surface area (Å²) in [6.07, 6.45) is 1.95. The summed E-state index contributed by atoms with van der Waals surface area (Å²) in [6.45, 7) is 1.95. The van der Waals surface area contributed by atoms with Gasteiger partial charge in [-0.3, -0.25) is 14.5 Å². The molecule has 0 spiro atoms. The number of carbonyl (C=O) groups is 1. The van der Waals surface area contributed by atoms with E-state index in [4.69, 9.17) is 11.6 Å². The molecule has 0 saturated heterocycles. The first-order chi connectivity index (χ1) is 12.1. The maximum absolute atomic E-state index is 12.3. The van der Waals surface area contributed by atoms with Crippen molar-refractivity contribution in [1.29, 1.82) is 0 Å². The molecule has 0 fully saturated rings. The van der Waals surface area contributed by atoms with Crippen LogP contribution >= 0.6 is 22.9 Å². The van der Waals surface area contributed by atoms with E-state index < -0.39 is 0 Å².